The highest BCUT2D eigenvalue weighted by molar-refractivity contribution is 6.24. The molecule has 3 heteroatoms. The first-order valence-electron chi connectivity index (χ1n) is 5.55. The van der Waals surface area contributed by atoms with Gasteiger partial charge in [0, 0.05) is 18.0 Å². The average Bonchev–Trinajstić information content (AvgIpc) is 2.49. The number of hydrogen-bond donors (Lipinski definition) is 0. The Labute approximate surface area is 107 Å². The predicted octanol–water partition coefficient (Wildman–Crippen LogP) is 3.20. The largest absolute Gasteiger partial charge is 0.295 e. The standard InChI is InChI=1S/C9H7N.C4H6O2.C2H4/c1-2-6-9-8(4-1)5-3-7-10-9;1-2-4(6)3-5;1-2/h1-7H;3H,2H2,1H3;1-2H2. The monoisotopic (exact) mass is 243 g/mol. The molecular weight excluding hydrogens is 226 g/mol. The molecule has 0 radical (unpaired) electrons. The Hall–Kier alpha value is -2.29. The van der Waals surface area contributed by atoms with Gasteiger partial charge in [-0.1, -0.05) is 31.2 Å². The summed E-state index contributed by atoms with van der Waals surface area (Å²) in [5.74, 6) is -0.338. The minimum Gasteiger partial charge on any atom is -0.295 e. The van der Waals surface area contributed by atoms with Gasteiger partial charge >= 0.3 is 0 Å². The normalized spacial score (nSPS) is 8.28. The number of carbonyl (C=O) groups excluding carboxylic acids is 2. The fraction of sp³-hybridized carbons (Fsp3) is 0.133. The Balaban J connectivity index is 0.000000315. The van der Waals surface area contributed by atoms with E-state index < -0.39 is 0 Å². The van der Waals surface area contributed by atoms with Crippen molar-refractivity contribution in [2.24, 2.45) is 0 Å². The van der Waals surface area contributed by atoms with Gasteiger partial charge in [0.1, 0.15) is 0 Å². The molecule has 1 aromatic carbocycles. The summed E-state index contributed by atoms with van der Waals surface area (Å²) in [5.41, 5.74) is 1.06. The Morgan fingerprint density at radius 2 is 1.83 bits per heavy atom. The Morgan fingerprint density at radius 3 is 2.33 bits per heavy atom. The molecular formula is C15H17NO2. The summed E-state index contributed by atoms with van der Waals surface area (Å²) in [7, 11) is 0. The fourth-order valence-electron chi connectivity index (χ4n) is 1.10. The van der Waals surface area contributed by atoms with Crippen LogP contribution in [-0.2, 0) is 9.59 Å². The number of fused-ring (bicyclic) bond motifs is 1. The zero-order chi connectivity index (χ0) is 13.8. The van der Waals surface area contributed by atoms with Crippen molar-refractivity contribution in [1.82, 2.24) is 4.98 Å². The highest BCUT2D eigenvalue weighted by Crippen LogP contribution is 2.07. The van der Waals surface area contributed by atoms with E-state index in [1.807, 2.05) is 30.5 Å². The van der Waals surface area contributed by atoms with E-state index in [0.717, 1.165) is 5.52 Å². The summed E-state index contributed by atoms with van der Waals surface area (Å²) < 4.78 is 0. The van der Waals surface area contributed by atoms with Crippen LogP contribution >= 0.6 is 0 Å². The third-order valence-corrected chi connectivity index (χ3v) is 1.99. The van der Waals surface area contributed by atoms with Gasteiger partial charge in [0.2, 0.25) is 0 Å². The van der Waals surface area contributed by atoms with Gasteiger partial charge in [-0.3, -0.25) is 14.6 Å². The van der Waals surface area contributed by atoms with E-state index in [1.54, 1.807) is 6.92 Å². The number of Topliss-reactive ketones (excluding diaryl/α,β-unsaturated/α-hetero) is 1. The molecule has 18 heavy (non-hydrogen) atoms. The fourth-order valence-corrected chi connectivity index (χ4v) is 1.10. The molecule has 3 nitrogen and oxygen atoms in total. The molecule has 0 saturated heterocycles. The summed E-state index contributed by atoms with van der Waals surface area (Å²) >= 11 is 0. The highest BCUT2D eigenvalue weighted by Gasteiger charge is 1.87. The molecule has 0 atom stereocenters. The summed E-state index contributed by atoms with van der Waals surface area (Å²) in [6, 6.07) is 12.1. The average molecular weight is 243 g/mol. The van der Waals surface area contributed by atoms with Gasteiger partial charge in [-0.2, -0.15) is 0 Å². The first-order chi connectivity index (χ1) is 8.77. The number of pyridine rings is 1. The number of hydrogen-bond acceptors (Lipinski definition) is 3. The minimum atomic E-state index is -0.338. The molecule has 0 fully saturated rings. The Morgan fingerprint density at radius 1 is 1.22 bits per heavy atom. The topological polar surface area (TPSA) is 47.0 Å². The molecule has 0 saturated carbocycles. The van der Waals surface area contributed by atoms with Crippen LogP contribution in [0.15, 0.2) is 55.8 Å². The van der Waals surface area contributed by atoms with Crippen LogP contribution in [0.3, 0.4) is 0 Å². The predicted molar refractivity (Wildman–Crippen MR) is 74.4 cm³/mol. The highest BCUT2D eigenvalue weighted by atomic mass is 16.2. The summed E-state index contributed by atoms with van der Waals surface area (Å²) in [6.07, 6.45) is 2.46. The van der Waals surface area contributed by atoms with Crippen molar-refractivity contribution in [2.75, 3.05) is 0 Å². The van der Waals surface area contributed by atoms with Crippen molar-refractivity contribution in [2.45, 2.75) is 13.3 Å². The van der Waals surface area contributed by atoms with Crippen LogP contribution in [0.5, 0.6) is 0 Å². The van der Waals surface area contributed by atoms with E-state index in [4.69, 9.17) is 0 Å². The summed E-state index contributed by atoms with van der Waals surface area (Å²) in [6.45, 7) is 7.65. The lowest BCUT2D eigenvalue weighted by atomic mass is 10.2. The Kier molecular flexibility index (Phi) is 8.64. The zero-order valence-corrected chi connectivity index (χ0v) is 10.5. The van der Waals surface area contributed by atoms with E-state index >= 15 is 0 Å². The number of nitrogens with zero attached hydrogens (tertiary/aromatic N) is 1. The number of carbonyl (C=O) groups is 2. The van der Waals surface area contributed by atoms with Crippen LogP contribution in [0.2, 0.25) is 0 Å². The van der Waals surface area contributed by atoms with Crippen LogP contribution in [0.1, 0.15) is 13.3 Å². The molecule has 0 unspecified atom stereocenters. The first kappa shape index (κ1) is 15.7. The molecule has 0 aliphatic heterocycles. The number of aldehydes is 1. The van der Waals surface area contributed by atoms with Crippen molar-refractivity contribution in [1.29, 1.82) is 0 Å². The van der Waals surface area contributed by atoms with Crippen LogP contribution in [0.25, 0.3) is 10.9 Å². The number of benzene rings is 1. The van der Waals surface area contributed by atoms with Crippen LogP contribution in [0, 0.1) is 0 Å². The second-order valence-corrected chi connectivity index (χ2v) is 3.13. The maximum Gasteiger partial charge on any atom is 0.194 e. The molecule has 0 spiro atoms. The Bertz CT molecular complexity index is 429. The van der Waals surface area contributed by atoms with E-state index in [9.17, 15) is 9.59 Å². The summed E-state index contributed by atoms with van der Waals surface area (Å²) in [5, 5.41) is 1.20. The maximum atomic E-state index is 9.81. The first-order valence-corrected chi connectivity index (χ1v) is 5.55. The van der Waals surface area contributed by atoms with Gasteiger partial charge in [0.25, 0.3) is 0 Å². The lowest BCUT2D eigenvalue weighted by Crippen LogP contribution is -1.92. The molecule has 1 aromatic heterocycles. The quantitative estimate of drug-likeness (QED) is 0.462. The van der Waals surface area contributed by atoms with Gasteiger partial charge in [0.15, 0.2) is 12.1 Å². The number of ketones is 1. The number of aromatic nitrogens is 1. The van der Waals surface area contributed by atoms with Gasteiger partial charge in [-0.15, -0.1) is 13.2 Å². The molecule has 1 heterocycles. The van der Waals surface area contributed by atoms with Crippen molar-refractivity contribution in [3.63, 3.8) is 0 Å². The molecule has 2 rings (SSSR count). The molecule has 0 bridgehead atoms. The van der Waals surface area contributed by atoms with Crippen molar-refractivity contribution < 1.29 is 9.59 Å². The van der Waals surface area contributed by atoms with Gasteiger partial charge in [-0.05, 0) is 12.1 Å². The second kappa shape index (κ2) is 9.90. The molecule has 94 valence electrons. The van der Waals surface area contributed by atoms with E-state index in [1.165, 1.54) is 5.39 Å². The van der Waals surface area contributed by atoms with E-state index in [2.05, 4.69) is 30.3 Å². The third kappa shape index (κ3) is 5.70. The minimum absolute atomic E-state index is 0.323. The van der Waals surface area contributed by atoms with E-state index in [-0.39, 0.29) is 5.78 Å². The lowest BCUT2D eigenvalue weighted by molar-refractivity contribution is -0.129. The van der Waals surface area contributed by atoms with Crippen molar-refractivity contribution >= 4 is 23.0 Å². The van der Waals surface area contributed by atoms with Crippen LogP contribution < -0.4 is 0 Å². The molecule has 0 N–H and O–H groups in total. The van der Waals surface area contributed by atoms with E-state index in [0.29, 0.717) is 12.7 Å². The molecule has 2 aromatic rings. The van der Waals surface area contributed by atoms with Gasteiger partial charge in [-0.25, -0.2) is 0 Å². The van der Waals surface area contributed by atoms with Gasteiger partial charge < -0.3 is 0 Å². The second-order valence-electron chi connectivity index (χ2n) is 3.13. The van der Waals surface area contributed by atoms with Crippen LogP contribution in [0.4, 0.5) is 0 Å². The number of rotatable bonds is 2. The molecule has 0 aliphatic carbocycles. The summed E-state index contributed by atoms with van der Waals surface area (Å²) in [4.78, 5) is 23.4. The van der Waals surface area contributed by atoms with Crippen molar-refractivity contribution in [3.05, 3.63) is 55.8 Å². The molecule has 0 amide bonds. The maximum absolute atomic E-state index is 9.81. The lowest BCUT2D eigenvalue weighted by Gasteiger charge is -1.91. The molecule has 0 aliphatic rings. The van der Waals surface area contributed by atoms with Crippen LogP contribution in [-0.4, -0.2) is 17.1 Å². The smallest absolute Gasteiger partial charge is 0.194 e. The zero-order valence-electron chi connectivity index (χ0n) is 10.5. The number of para-hydroxylation sites is 1. The SMILES string of the molecule is C=C.CCC(=O)C=O.c1ccc2ncccc2c1. The van der Waals surface area contributed by atoms with Crippen molar-refractivity contribution in [3.8, 4) is 0 Å². The third-order valence-electron chi connectivity index (χ3n) is 1.99. The van der Waals surface area contributed by atoms with Gasteiger partial charge in [0.05, 0.1) is 5.52 Å².